The van der Waals surface area contributed by atoms with Gasteiger partial charge in [-0.25, -0.2) is 4.79 Å². The Hall–Kier alpha value is -3.06. The van der Waals surface area contributed by atoms with Crippen molar-refractivity contribution >= 4 is 17.6 Å². The van der Waals surface area contributed by atoms with E-state index in [1.165, 1.54) is 5.56 Å². The molecule has 0 spiro atoms. The molecule has 0 unspecified atom stereocenters. The van der Waals surface area contributed by atoms with Crippen LogP contribution in [0.5, 0.6) is 5.75 Å². The van der Waals surface area contributed by atoms with Crippen LogP contribution in [-0.4, -0.2) is 38.8 Å². The van der Waals surface area contributed by atoms with Gasteiger partial charge in [-0.05, 0) is 54.3 Å². The van der Waals surface area contributed by atoms with Crippen molar-refractivity contribution in [3.63, 3.8) is 0 Å². The Balaban J connectivity index is 1.47. The number of hydrogen-bond acceptors (Lipinski definition) is 4. The van der Waals surface area contributed by atoms with Crippen molar-refractivity contribution in [3.8, 4) is 5.75 Å². The Bertz CT molecular complexity index is 821. The monoisotopic (exact) mass is 383 g/mol. The highest BCUT2D eigenvalue weighted by molar-refractivity contribution is 5.95. The predicted octanol–water partition coefficient (Wildman–Crippen LogP) is 2.71. The molecule has 1 aliphatic rings. The molecule has 7 nitrogen and oxygen atoms in total. The lowest BCUT2D eigenvalue weighted by atomic mass is 10.0. The van der Waals surface area contributed by atoms with Crippen LogP contribution in [0, 0.1) is 0 Å². The Morgan fingerprint density at radius 3 is 2.71 bits per heavy atom. The first-order valence-corrected chi connectivity index (χ1v) is 9.32. The molecular formula is C21H25N3O4. The van der Waals surface area contributed by atoms with Crippen LogP contribution in [0.2, 0.25) is 0 Å². The summed E-state index contributed by atoms with van der Waals surface area (Å²) < 4.78 is 10.5. The molecule has 0 radical (unpaired) electrons. The lowest BCUT2D eigenvalue weighted by Crippen LogP contribution is -2.28. The molecule has 28 heavy (non-hydrogen) atoms. The number of carbonyl (C=O) groups is 2. The minimum atomic E-state index is -0.300. The Morgan fingerprint density at radius 1 is 1.11 bits per heavy atom. The van der Waals surface area contributed by atoms with Crippen LogP contribution in [-0.2, 0) is 17.7 Å². The summed E-state index contributed by atoms with van der Waals surface area (Å²) in [5.41, 5.74) is 3.36. The third-order valence-electron chi connectivity index (χ3n) is 4.42. The van der Waals surface area contributed by atoms with Gasteiger partial charge < -0.3 is 25.4 Å². The minimum absolute atomic E-state index is 0.176. The van der Waals surface area contributed by atoms with Gasteiger partial charge in [-0.1, -0.05) is 12.1 Å². The van der Waals surface area contributed by atoms with E-state index in [4.69, 9.17) is 9.47 Å². The molecule has 1 aliphatic heterocycles. The molecule has 2 aromatic carbocycles. The highest BCUT2D eigenvalue weighted by Gasteiger charge is 2.11. The van der Waals surface area contributed by atoms with E-state index in [2.05, 4.69) is 22.0 Å². The summed E-state index contributed by atoms with van der Waals surface area (Å²) in [4.78, 5) is 24.1. The number of amides is 3. The van der Waals surface area contributed by atoms with E-state index in [9.17, 15) is 9.59 Å². The van der Waals surface area contributed by atoms with Crippen LogP contribution in [0.15, 0.2) is 42.5 Å². The number of ether oxygens (including phenoxy) is 2. The molecule has 2 aromatic rings. The van der Waals surface area contributed by atoms with E-state index in [1.807, 2.05) is 12.1 Å². The van der Waals surface area contributed by atoms with Crippen LogP contribution in [0.4, 0.5) is 10.5 Å². The molecule has 1 heterocycles. The summed E-state index contributed by atoms with van der Waals surface area (Å²) in [6.07, 6.45) is 2.02. The quantitative estimate of drug-likeness (QED) is 0.642. The smallest absolute Gasteiger partial charge is 0.319 e. The fourth-order valence-electron chi connectivity index (χ4n) is 2.95. The fourth-order valence-corrected chi connectivity index (χ4v) is 2.95. The molecule has 0 bridgehead atoms. The summed E-state index contributed by atoms with van der Waals surface area (Å²) in [6, 6.07) is 12.4. The molecule has 0 aromatic heterocycles. The summed E-state index contributed by atoms with van der Waals surface area (Å²) in [7, 11) is 1.58. The second-order valence-corrected chi connectivity index (χ2v) is 6.53. The molecule has 0 saturated heterocycles. The first-order valence-electron chi connectivity index (χ1n) is 9.32. The fraction of sp³-hybridized carbons (Fsp3) is 0.333. The molecule has 0 aliphatic carbocycles. The lowest BCUT2D eigenvalue weighted by Gasteiger charge is -2.18. The summed E-state index contributed by atoms with van der Waals surface area (Å²) in [5.74, 6) is 0.759. The number of anilines is 1. The molecular weight excluding hydrogens is 358 g/mol. The number of fused-ring (bicyclic) bond motifs is 1. The van der Waals surface area contributed by atoms with Gasteiger partial charge in [-0.3, -0.25) is 4.79 Å². The van der Waals surface area contributed by atoms with Crippen LogP contribution >= 0.6 is 0 Å². The number of methoxy groups -OCH3 is 1. The minimum Gasteiger partial charge on any atom is -0.493 e. The van der Waals surface area contributed by atoms with Gasteiger partial charge in [0.2, 0.25) is 0 Å². The van der Waals surface area contributed by atoms with Crippen molar-refractivity contribution in [1.29, 1.82) is 0 Å². The SMILES string of the molecule is COCCNC(=O)c1ccc(NC(=O)NCc2ccc3c(c2)CCCO3)cc1. The van der Waals surface area contributed by atoms with Crippen molar-refractivity contribution in [2.24, 2.45) is 0 Å². The van der Waals surface area contributed by atoms with Crippen LogP contribution in [0.25, 0.3) is 0 Å². The van der Waals surface area contributed by atoms with Crippen molar-refractivity contribution < 1.29 is 19.1 Å². The van der Waals surface area contributed by atoms with E-state index >= 15 is 0 Å². The average molecular weight is 383 g/mol. The van der Waals surface area contributed by atoms with Crippen molar-refractivity contribution in [3.05, 3.63) is 59.2 Å². The second-order valence-electron chi connectivity index (χ2n) is 6.53. The van der Waals surface area contributed by atoms with Gasteiger partial charge in [-0.15, -0.1) is 0 Å². The number of hydrogen-bond donors (Lipinski definition) is 3. The number of carbonyl (C=O) groups excluding carboxylic acids is 2. The Kier molecular flexibility index (Phi) is 6.86. The molecule has 3 amide bonds. The van der Waals surface area contributed by atoms with Crippen molar-refractivity contribution in [2.75, 3.05) is 32.2 Å². The largest absolute Gasteiger partial charge is 0.493 e. The maximum atomic E-state index is 12.1. The maximum absolute atomic E-state index is 12.1. The van der Waals surface area contributed by atoms with E-state index in [-0.39, 0.29) is 11.9 Å². The third-order valence-corrected chi connectivity index (χ3v) is 4.42. The topological polar surface area (TPSA) is 88.7 Å². The molecule has 148 valence electrons. The van der Waals surface area contributed by atoms with Crippen molar-refractivity contribution in [1.82, 2.24) is 10.6 Å². The van der Waals surface area contributed by atoms with E-state index in [0.717, 1.165) is 30.8 Å². The second kappa shape index (κ2) is 9.75. The Morgan fingerprint density at radius 2 is 1.93 bits per heavy atom. The number of aryl methyl sites for hydroxylation is 1. The molecule has 0 saturated carbocycles. The van der Waals surface area contributed by atoms with Crippen LogP contribution < -0.4 is 20.7 Å². The zero-order chi connectivity index (χ0) is 19.8. The molecule has 3 N–H and O–H groups in total. The van der Waals surface area contributed by atoms with E-state index in [1.54, 1.807) is 31.4 Å². The molecule has 0 atom stereocenters. The number of nitrogens with one attached hydrogen (secondary N) is 3. The summed E-state index contributed by atoms with van der Waals surface area (Å²) >= 11 is 0. The summed E-state index contributed by atoms with van der Waals surface area (Å²) in [6.45, 7) is 2.11. The highest BCUT2D eigenvalue weighted by atomic mass is 16.5. The lowest BCUT2D eigenvalue weighted by molar-refractivity contribution is 0.0937. The predicted molar refractivity (Wildman–Crippen MR) is 107 cm³/mol. The molecule has 0 fully saturated rings. The number of rotatable bonds is 7. The maximum Gasteiger partial charge on any atom is 0.319 e. The van der Waals surface area contributed by atoms with Gasteiger partial charge in [0.1, 0.15) is 5.75 Å². The van der Waals surface area contributed by atoms with Gasteiger partial charge in [0.15, 0.2) is 0 Å². The van der Waals surface area contributed by atoms with Gasteiger partial charge >= 0.3 is 6.03 Å². The molecule has 7 heteroatoms. The normalized spacial score (nSPS) is 12.5. The zero-order valence-corrected chi connectivity index (χ0v) is 15.9. The van der Waals surface area contributed by atoms with Gasteiger partial charge in [0.05, 0.1) is 13.2 Å². The molecule has 3 rings (SSSR count). The standard InChI is InChI=1S/C21H25N3O4/c1-27-12-10-22-20(25)16-5-7-18(8-6-16)24-21(26)23-14-15-4-9-19-17(13-15)3-2-11-28-19/h4-9,13H,2-3,10-12,14H2,1H3,(H,22,25)(H2,23,24,26). The highest BCUT2D eigenvalue weighted by Crippen LogP contribution is 2.25. The zero-order valence-electron chi connectivity index (χ0n) is 15.9. The van der Waals surface area contributed by atoms with Gasteiger partial charge in [-0.2, -0.15) is 0 Å². The van der Waals surface area contributed by atoms with Crippen molar-refractivity contribution in [2.45, 2.75) is 19.4 Å². The van der Waals surface area contributed by atoms with Gasteiger partial charge in [0, 0.05) is 31.5 Å². The summed E-state index contributed by atoms with van der Waals surface area (Å²) in [5, 5.41) is 8.36. The number of urea groups is 1. The van der Waals surface area contributed by atoms with E-state index < -0.39 is 0 Å². The van der Waals surface area contributed by atoms with E-state index in [0.29, 0.717) is 30.9 Å². The Labute approximate surface area is 164 Å². The van der Waals surface area contributed by atoms with Crippen LogP contribution in [0.1, 0.15) is 27.9 Å². The van der Waals surface area contributed by atoms with Gasteiger partial charge in [0.25, 0.3) is 5.91 Å². The number of benzene rings is 2. The van der Waals surface area contributed by atoms with Crippen LogP contribution in [0.3, 0.4) is 0 Å². The average Bonchev–Trinajstić information content (AvgIpc) is 2.73. The first kappa shape index (κ1) is 19.7. The first-order chi connectivity index (χ1) is 13.7. The third kappa shape index (κ3) is 5.47.